The van der Waals surface area contributed by atoms with Crippen molar-refractivity contribution in [3.63, 3.8) is 0 Å². The molecule has 2 amide bonds. The van der Waals surface area contributed by atoms with Gasteiger partial charge >= 0.3 is 12.0 Å². The largest absolute Gasteiger partial charge is 0.467 e. The Morgan fingerprint density at radius 1 is 1.20 bits per heavy atom. The lowest BCUT2D eigenvalue weighted by Crippen LogP contribution is -2.45. The van der Waals surface area contributed by atoms with Gasteiger partial charge in [-0.1, -0.05) is 35.3 Å². The van der Waals surface area contributed by atoms with Crippen LogP contribution in [0.15, 0.2) is 36.4 Å². The third kappa shape index (κ3) is 5.88. The molecule has 1 unspecified atom stereocenters. The van der Waals surface area contributed by atoms with Crippen LogP contribution < -0.4 is 10.6 Å². The summed E-state index contributed by atoms with van der Waals surface area (Å²) in [6, 6.07) is 6.77. The summed E-state index contributed by atoms with van der Waals surface area (Å²) >= 11 is 11.5. The first kappa shape index (κ1) is 19.0. The summed E-state index contributed by atoms with van der Waals surface area (Å²) < 4.78 is 17.7. The average Bonchev–Trinajstić information content (AvgIpc) is 2.54. The van der Waals surface area contributed by atoms with Crippen LogP contribution in [-0.4, -0.2) is 30.1 Å². The van der Waals surface area contributed by atoms with E-state index in [2.05, 4.69) is 20.4 Å². The van der Waals surface area contributed by atoms with Crippen LogP contribution >= 0.6 is 23.2 Å². The zero-order valence-electron chi connectivity index (χ0n) is 13.1. The predicted octanol–water partition coefficient (Wildman–Crippen LogP) is 3.43. The summed E-state index contributed by atoms with van der Waals surface area (Å²) in [5.41, 5.74) is 0.972. The molecule has 0 bridgehead atoms. The summed E-state index contributed by atoms with van der Waals surface area (Å²) in [5, 5.41) is 5.21. The molecule has 2 N–H and O–H groups in total. The maximum Gasteiger partial charge on any atom is 0.328 e. The zero-order valence-corrected chi connectivity index (χ0v) is 14.6. The molecule has 2 rings (SSSR count). The van der Waals surface area contributed by atoms with Crippen molar-refractivity contribution in [2.24, 2.45) is 0 Å². The molecular weight excluding hydrogens is 372 g/mol. The third-order valence-corrected chi connectivity index (χ3v) is 3.55. The van der Waals surface area contributed by atoms with Crippen LogP contribution in [0.5, 0.6) is 0 Å². The highest BCUT2D eigenvalue weighted by Gasteiger charge is 2.22. The highest BCUT2D eigenvalue weighted by molar-refractivity contribution is 6.32. The summed E-state index contributed by atoms with van der Waals surface area (Å²) in [4.78, 5) is 27.8. The van der Waals surface area contributed by atoms with E-state index in [0.29, 0.717) is 11.3 Å². The van der Waals surface area contributed by atoms with Crippen LogP contribution in [0.25, 0.3) is 0 Å². The Bertz CT molecular complexity index is 751. The molecule has 1 aromatic carbocycles. The van der Waals surface area contributed by atoms with E-state index in [1.165, 1.54) is 43.5 Å². The Morgan fingerprint density at radius 3 is 2.36 bits per heavy atom. The van der Waals surface area contributed by atoms with Gasteiger partial charge in [-0.2, -0.15) is 0 Å². The average molecular weight is 386 g/mol. The molecule has 0 aliphatic rings. The molecule has 132 valence electrons. The number of aromatic nitrogens is 1. The molecule has 2 aromatic rings. The summed E-state index contributed by atoms with van der Waals surface area (Å²) in [6.45, 7) is 0. The van der Waals surface area contributed by atoms with Gasteiger partial charge in [0, 0.05) is 12.1 Å². The summed E-state index contributed by atoms with van der Waals surface area (Å²) in [5.74, 6) is -1.03. The number of carbonyl (C=O) groups is 2. The first-order valence-electron chi connectivity index (χ1n) is 7.10. The fourth-order valence-electron chi connectivity index (χ4n) is 2.05. The second-order valence-corrected chi connectivity index (χ2v) is 5.78. The van der Waals surface area contributed by atoms with Crippen molar-refractivity contribution in [2.45, 2.75) is 12.5 Å². The van der Waals surface area contributed by atoms with E-state index in [4.69, 9.17) is 23.2 Å². The molecule has 0 fully saturated rings. The minimum absolute atomic E-state index is 0.110. The zero-order chi connectivity index (χ0) is 18.4. The smallest absolute Gasteiger partial charge is 0.328 e. The van der Waals surface area contributed by atoms with Gasteiger partial charge in [-0.25, -0.2) is 19.0 Å². The Hall–Kier alpha value is -2.38. The molecule has 0 spiro atoms. The van der Waals surface area contributed by atoms with Crippen molar-refractivity contribution >= 4 is 40.9 Å². The third-order valence-electron chi connectivity index (χ3n) is 3.16. The first-order chi connectivity index (χ1) is 11.9. The van der Waals surface area contributed by atoms with Crippen molar-refractivity contribution in [1.82, 2.24) is 10.3 Å². The first-order valence-corrected chi connectivity index (χ1v) is 7.86. The standard InChI is InChI=1S/C16H14Cl2FN3O3/c1-25-15(23)12(6-9-2-4-10(19)5-3-9)21-16(24)20-11-7-13(17)22-14(18)8-11/h2-5,7-8,12H,6H2,1H3,(H2,20,21,22,24). The maximum absolute atomic E-state index is 13.0. The van der Waals surface area contributed by atoms with E-state index >= 15 is 0 Å². The van der Waals surface area contributed by atoms with E-state index in [1.54, 1.807) is 0 Å². The number of amides is 2. The number of hydrogen-bond donors (Lipinski definition) is 2. The highest BCUT2D eigenvalue weighted by atomic mass is 35.5. The Morgan fingerprint density at radius 2 is 1.80 bits per heavy atom. The van der Waals surface area contributed by atoms with Gasteiger partial charge in [0.2, 0.25) is 0 Å². The number of rotatable bonds is 5. The minimum atomic E-state index is -0.955. The van der Waals surface area contributed by atoms with Gasteiger partial charge in [-0.15, -0.1) is 0 Å². The van der Waals surface area contributed by atoms with E-state index in [1.807, 2.05) is 0 Å². The highest BCUT2D eigenvalue weighted by Crippen LogP contribution is 2.18. The molecule has 1 aromatic heterocycles. The molecule has 0 saturated carbocycles. The molecule has 0 saturated heterocycles. The Labute approximate surface area is 153 Å². The van der Waals surface area contributed by atoms with Crippen LogP contribution in [0.3, 0.4) is 0 Å². The molecule has 1 atom stereocenters. The fourth-order valence-corrected chi connectivity index (χ4v) is 2.51. The molecule has 6 nitrogen and oxygen atoms in total. The number of anilines is 1. The second-order valence-electron chi connectivity index (χ2n) is 5.01. The molecule has 9 heteroatoms. The molecule has 25 heavy (non-hydrogen) atoms. The van der Waals surface area contributed by atoms with Gasteiger partial charge in [-0.3, -0.25) is 0 Å². The van der Waals surface area contributed by atoms with Crippen molar-refractivity contribution in [1.29, 1.82) is 0 Å². The van der Waals surface area contributed by atoms with Gasteiger partial charge < -0.3 is 15.4 Å². The van der Waals surface area contributed by atoms with Crippen LogP contribution in [0.2, 0.25) is 10.3 Å². The second kappa shape index (κ2) is 8.64. The number of methoxy groups -OCH3 is 1. The maximum atomic E-state index is 13.0. The number of benzene rings is 1. The number of nitrogens with zero attached hydrogens (tertiary/aromatic N) is 1. The number of hydrogen-bond acceptors (Lipinski definition) is 4. The van der Waals surface area contributed by atoms with Crippen LogP contribution in [0.1, 0.15) is 5.56 Å². The molecule has 0 radical (unpaired) electrons. The van der Waals surface area contributed by atoms with E-state index in [-0.39, 0.29) is 16.7 Å². The molecule has 1 heterocycles. The summed E-state index contributed by atoms with van der Waals surface area (Å²) in [6.07, 6.45) is 0.137. The van der Waals surface area contributed by atoms with Crippen molar-refractivity contribution < 1.29 is 18.7 Å². The number of urea groups is 1. The number of carbonyl (C=O) groups excluding carboxylic acids is 2. The topological polar surface area (TPSA) is 80.3 Å². The fraction of sp³-hybridized carbons (Fsp3) is 0.188. The number of halogens is 3. The quantitative estimate of drug-likeness (QED) is 0.610. The van der Waals surface area contributed by atoms with Gasteiger partial charge in [0.05, 0.1) is 7.11 Å². The van der Waals surface area contributed by atoms with Crippen molar-refractivity contribution in [2.75, 3.05) is 12.4 Å². The molecule has 0 aliphatic heterocycles. The lowest BCUT2D eigenvalue weighted by molar-refractivity contribution is -0.142. The van der Waals surface area contributed by atoms with E-state index in [9.17, 15) is 14.0 Å². The van der Waals surface area contributed by atoms with Gasteiger partial charge in [0.1, 0.15) is 22.2 Å². The van der Waals surface area contributed by atoms with Crippen LogP contribution in [0.4, 0.5) is 14.9 Å². The summed E-state index contributed by atoms with van der Waals surface area (Å²) in [7, 11) is 1.21. The molecule has 0 aliphatic carbocycles. The number of nitrogens with one attached hydrogen (secondary N) is 2. The minimum Gasteiger partial charge on any atom is -0.467 e. The lowest BCUT2D eigenvalue weighted by Gasteiger charge is -2.17. The van der Waals surface area contributed by atoms with Gasteiger partial charge in [0.25, 0.3) is 0 Å². The Kier molecular flexibility index (Phi) is 6.55. The number of esters is 1. The number of pyridine rings is 1. The normalized spacial score (nSPS) is 11.5. The van der Waals surface area contributed by atoms with Gasteiger partial charge in [-0.05, 0) is 29.8 Å². The van der Waals surface area contributed by atoms with Crippen molar-refractivity contribution in [3.8, 4) is 0 Å². The van der Waals surface area contributed by atoms with Crippen LogP contribution in [0, 0.1) is 5.82 Å². The van der Waals surface area contributed by atoms with E-state index < -0.39 is 23.9 Å². The SMILES string of the molecule is COC(=O)C(Cc1ccc(F)cc1)NC(=O)Nc1cc(Cl)nc(Cl)c1. The molecular formula is C16H14Cl2FN3O3. The van der Waals surface area contributed by atoms with Gasteiger partial charge in [0.15, 0.2) is 0 Å². The van der Waals surface area contributed by atoms with Crippen molar-refractivity contribution in [3.05, 3.63) is 58.1 Å². The number of ether oxygens (including phenoxy) is 1. The van der Waals surface area contributed by atoms with E-state index in [0.717, 1.165) is 0 Å². The lowest BCUT2D eigenvalue weighted by atomic mass is 10.1. The van der Waals surface area contributed by atoms with Crippen LogP contribution in [-0.2, 0) is 16.0 Å². The monoisotopic (exact) mass is 385 g/mol. The Balaban J connectivity index is 2.06. The predicted molar refractivity (Wildman–Crippen MR) is 92.3 cm³/mol.